The summed E-state index contributed by atoms with van der Waals surface area (Å²) in [6, 6.07) is 14.2. The number of hydrogen-bond acceptors (Lipinski definition) is 5. The number of rotatable bonds is 6. The van der Waals surface area contributed by atoms with E-state index in [2.05, 4.69) is 10.6 Å². The van der Waals surface area contributed by atoms with Crippen LogP contribution in [0.2, 0.25) is 0 Å². The molecule has 3 rings (SSSR count). The van der Waals surface area contributed by atoms with Crippen molar-refractivity contribution in [2.45, 2.75) is 13.0 Å². The first kappa shape index (κ1) is 17.6. The number of fused-ring (bicyclic) bond motifs is 1. The van der Waals surface area contributed by atoms with Gasteiger partial charge in [0.05, 0.1) is 6.54 Å². The predicted octanol–water partition coefficient (Wildman–Crippen LogP) is 1.98. The van der Waals surface area contributed by atoms with Crippen LogP contribution >= 0.6 is 0 Å². The van der Waals surface area contributed by atoms with Crippen molar-refractivity contribution in [1.29, 1.82) is 0 Å². The minimum atomic E-state index is -0.251. The van der Waals surface area contributed by atoms with Crippen LogP contribution in [0, 0.1) is 0 Å². The Morgan fingerprint density at radius 2 is 1.85 bits per heavy atom. The van der Waals surface area contributed by atoms with Gasteiger partial charge in [0.15, 0.2) is 18.1 Å². The van der Waals surface area contributed by atoms with Gasteiger partial charge < -0.3 is 24.8 Å². The first-order chi connectivity index (χ1) is 12.6. The fourth-order valence-corrected chi connectivity index (χ4v) is 2.43. The Morgan fingerprint density at radius 1 is 1.12 bits per heavy atom. The molecule has 2 aromatic rings. The van der Waals surface area contributed by atoms with Crippen LogP contribution in [0.3, 0.4) is 0 Å². The van der Waals surface area contributed by atoms with Crippen molar-refractivity contribution in [1.82, 2.24) is 5.32 Å². The lowest BCUT2D eigenvalue weighted by atomic mass is 10.2. The van der Waals surface area contributed by atoms with Crippen molar-refractivity contribution in [3.63, 3.8) is 0 Å². The van der Waals surface area contributed by atoms with Crippen molar-refractivity contribution in [2.75, 3.05) is 25.1 Å². The molecule has 0 aromatic heterocycles. The van der Waals surface area contributed by atoms with E-state index in [-0.39, 0.29) is 24.5 Å². The largest absolute Gasteiger partial charge is 0.486 e. The molecule has 136 valence electrons. The smallest absolute Gasteiger partial charge is 0.258 e. The quantitative estimate of drug-likeness (QED) is 0.827. The number of amides is 2. The second kappa shape index (κ2) is 8.24. The van der Waals surface area contributed by atoms with Crippen LogP contribution in [0.4, 0.5) is 5.69 Å². The summed E-state index contributed by atoms with van der Waals surface area (Å²) in [4.78, 5) is 22.9. The molecule has 0 saturated carbocycles. The number of carbonyl (C=O) groups excluding carboxylic acids is 2. The molecule has 1 aliphatic heterocycles. The van der Waals surface area contributed by atoms with Gasteiger partial charge in [-0.15, -0.1) is 0 Å². The molecule has 1 atom stereocenters. The average Bonchev–Trinajstić information content (AvgIpc) is 2.65. The van der Waals surface area contributed by atoms with Gasteiger partial charge >= 0.3 is 0 Å². The molecule has 0 aliphatic carbocycles. The molecule has 26 heavy (non-hydrogen) atoms. The van der Waals surface area contributed by atoms with Gasteiger partial charge in [-0.25, -0.2) is 0 Å². The van der Waals surface area contributed by atoms with Crippen LogP contribution in [0.5, 0.6) is 17.2 Å². The molecule has 2 amide bonds. The molecular weight excluding hydrogens is 336 g/mol. The third-order valence-electron chi connectivity index (χ3n) is 3.64. The van der Waals surface area contributed by atoms with Crippen molar-refractivity contribution < 1.29 is 23.8 Å². The van der Waals surface area contributed by atoms with E-state index in [1.807, 2.05) is 24.3 Å². The second-order valence-corrected chi connectivity index (χ2v) is 5.80. The lowest BCUT2D eigenvalue weighted by Gasteiger charge is -2.26. The van der Waals surface area contributed by atoms with Crippen molar-refractivity contribution >= 4 is 17.5 Å². The van der Waals surface area contributed by atoms with Crippen molar-refractivity contribution in [3.8, 4) is 17.2 Å². The van der Waals surface area contributed by atoms with E-state index in [1.54, 1.807) is 24.3 Å². The maximum atomic E-state index is 11.9. The summed E-state index contributed by atoms with van der Waals surface area (Å²) in [6.07, 6.45) is -0.245. The Hall–Kier alpha value is -3.22. The molecule has 7 heteroatoms. The van der Waals surface area contributed by atoms with Gasteiger partial charge in [-0.3, -0.25) is 9.59 Å². The van der Waals surface area contributed by atoms with E-state index in [1.165, 1.54) is 6.92 Å². The Morgan fingerprint density at radius 3 is 2.58 bits per heavy atom. The van der Waals surface area contributed by atoms with E-state index in [4.69, 9.17) is 14.2 Å². The van der Waals surface area contributed by atoms with Crippen molar-refractivity contribution in [3.05, 3.63) is 48.5 Å². The number of hydrogen-bond donors (Lipinski definition) is 2. The van der Waals surface area contributed by atoms with E-state index in [0.717, 1.165) is 0 Å². The zero-order valence-corrected chi connectivity index (χ0v) is 14.4. The Labute approximate surface area is 151 Å². The molecule has 0 spiro atoms. The van der Waals surface area contributed by atoms with Gasteiger partial charge in [-0.05, 0) is 36.4 Å². The summed E-state index contributed by atoms with van der Waals surface area (Å²) in [5.41, 5.74) is 0.670. The van der Waals surface area contributed by atoms with Crippen LogP contribution in [0.15, 0.2) is 48.5 Å². The maximum Gasteiger partial charge on any atom is 0.258 e. The summed E-state index contributed by atoms with van der Waals surface area (Å²) >= 11 is 0. The van der Waals surface area contributed by atoms with Crippen molar-refractivity contribution in [2.24, 2.45) is 0 Å². The van der Waals surface area contributed by atoms with E-state index >= 15 is 0 Å². The summed E-state index contributed by atoms with van der Waals surface area (Å²) < 4.78 is 16.8. The molecule has 0 unspecified atom stereocenters. The number of carbonyl (C=O) groups is 2. The molecule has 2 aromatic carbocycles. The minimum absolute atomic E-state index is 0.107. The zero-order valence-electron chi connectivity index (χ0n) is 14.4. The zero-order chi connectivity index (χ0) is 18.4. The fraction of sp³-hybridized carbons (Fsp3) is 0.263. The molecule has 0 bridgehead atoms. The van der Waals surface area contributed by atoms with Gasteiger partial charge in [-0.2, -0.15) is 0 Å². The summed E-state index contributed by atoms with van der Waals surface area (Å²) in [5.74, 6) is 1.53. The lowest BCUT2D eigenvalue weighted by Crippen LogP contribution is -2.42. The maximum absolute atomic E-state index is 11.9. The van der Waals surface area contributed by atoms with Gasteiger partial charge in [0.1, 0.15) is 18.5 Å². The molecular formula is C19H20N2O5. The summed E-state index contributed by atoms with van der Waals surface area (Å²) in [6.45, 7) is 2.04. The monoisotopic (exact) mass is 356 g/mol. The van der Waals surface area contributed by atoms with Gasteiger partial charge in [0.25, 0.3) is 5.91 Å². The topological polar surface area (TPSA) is 85.9 Å². The van der Waals surface area contributed by atoms with E-state index in [9.17, 15) is 9.59 Å². The molecule has 7 nitrogen and oxygen atoms in total. The second-order valence-electron chi connectivity index (χ2n) is 5.80. The molecule has 0 fully saturated rings. The molecule has 0 radical (unpaired) electrons. The minimum Gasteiger partial charge on any atom is -0.486 e. The number of para-hydroxylation sites is 2. The highest BCUT2D eigenvalue weighted by Gasteiger charge is 2.21. The number of benzene rings is 2. The van der Waals surface area contributed by atoms with Gasteiger partial charge in [-0.1, -0.05) is 12.1 Å². The SMILES string of the molecule is CC(=O)Nc1ccc(OCC(=O)NC[C@@H]2COc3ccccc3O2)cc1. The fourth-order valence-electron chi connectivity index (χ4n) is 2.43. The third-order valence-corrected chi connectivity index (χ3v) is 3.64. The van der Waals surface area contributed by atoms with Gasteiger partial charge in [0, 0.05) is 12.6 Å². The number of nitrogens with one attached hydrogen (secondary N) is 2. The van der Waals surface area contributed by atoms with Crippen LogP contribution < -0.4 is 24.8 Å². The summed E-state index contributed by atoms with van der Waals surface area (Å²) in [7, 11) is 0. The Balaban J connectivity index is 1.40. The highest BCUT2D eigenvalue weighted by Crippen LogP contribution is 2.30. The average molecular weight is 356 g/mol. The molecule has 1 heterocycles. The Bertz CT molecular complexity index is 776. The van der Waals surface area contributed by atoms with Crippen LogP contribution in [-0.4, -0.2) is 37.7 Å². The Kier molecular flexibility index (Phi) is 5.58. The highest BCUT2D eigenvalue weighted by atomic mass is 16.6. The highest BCUT2D eigenvalue weighted by molar-refractivity contribution is 5.88. The first-order valence-electron chi connectivity index (χ1n) is 8.26. The summed E-state index contributed by atoms with van der Waals surface area (Å²) in [5, 5.41) is 5.43. The van der Waals surface area contributed by atoms with Crippen LogP contribution in [-0.2, 0) is 9.59 Å². The molecule has 1 aliphatic rings. The number of ether oxygens (including phenoxy) is 3. The van der Waals surface area contributed by atoms with E-state index in [0.29, 0.717) is 36.1 Å². The van der Waals surface area contributed by atoms with Crippen LogP contribution in [0.25, 0.3) is 0 Å². The lowest BCUT2D eigenvalue weighted by molar-refractivity contribution is -0.123. The van der Waals surface area contributed by atoms with E-state index < -0.39 is 0 Å². The van der Waals surface area contributed by atoms with Crippen LogP contribution in [0.1, 0.15) is 6.92 Å². The first-order valence-corrected chi connectivity index (χ1v) is 8.26. The normalized spacial score (nSPS) is 15.0. The standard InChI is InChI=1S/C19H20N2O5/c1-13(22)21-14-6-8-15(9-7-14)24-12-19(23)20-10-16-11-25-17-4-2-3-5-18(17)26-16/h2-9,16H,10-12H2,1H3,(H,20,23)(H,21,22)/t16-/m1/s1. The number of anilines is 1. The third kappa shape index (κ3) is 4.89. The molecule has 0 saturated heterocycles. The van der Waals surface area contributed by atoms with Gasteiger partial charge in [0.2, 0.25) is 5.91 Å². The molecule has 2 N–H and O–H groups in total. The predicted molar refractivity (Wildman–Crippen MR) is 95.6 cm³/mol.